The number of Topliss-reactive ketones (excluding diaryl/α,β-unsaturated/α-hetero) is 1. The van der Waals surface area contributed by atoms with Crippen molar-refractivity contribution < 1.29 is 28.6 Å². The molecule has 0 radical (unpaired) electrons. The van der Waals surface area contributed by atoms with Gasteiger partial charge in [-0.2, -0.15) is 0 Å². The number of allylic oxidation sites excluding steroid dienone is 3. The maximum absolute atomic E-state index is 13.7. The van der Waals surface area contributed by atoms with E-state index in [1.165, 1.54) is 6.92 Å². The molecule has 2 atom stereocenters. The largest absolute Gasteiger partial charge is 0.496 e. The number of ketones is 1. The summed E-state index contributed by atoms with van der Waals surface area (Å²) >= 11 is 0. The summed E-state index contributed by atoms with van der Waals surface area (Å²) in [5.41, 5.74) is 4.17. The van der Waals surface area contributed by atoms with Gasteiger partial charge in [-0.15, -0.1) is 0 Å². The van der Waals surface area contributed by atoms with Crippen molar-refractivity contribution >= 4 is 17.7 Å². The van der Waals surface area contributed by atoms with E-state index in [9.17, 15) is 14.4 Å². The Morgan fingerprint density at radius 2 is 1.72 bits per heavy atom. The Labute approximate surface area is 211 Å². The second kappa shape index (κ2) is 10.4. The number of dihydropyridines is 1. The molecule has 1 N–H and O–H groups in total. The van der Waals surface area contributed by atoms with E-state index in [0.29, 0.717) is 35.4 Å². The summed E-state index contributed by atoms with van der Waals surface area (Å²) in [6.07, 6.45) is 0.596. The van der Waals surface area contributed by atoms with Gasteiger partial charge in [0.15, 0.2) is 5.78 Å². The predicted molar refractivity (Wildman–Crippen MR) is 135 cm³/mol. The molecule has 1 heterocycles. The summed E-state index contributed by atoms with van der Waals surface area (Å²) < 4.78 is 16.3. The van der Waals surface area contributed by atoms with E-state index in [0.717, 1.165) is 22.6 Å². The summed E-state index contributed by atoms with van der Waals surface area (Å²) in [4.78, 5) is 38.3. The average Bonchev–Trinajstić information content (AvgIpc) is 2.82. The third-order valence-corrected chi connectivity index (χ3v) is 6.44. The quantitative estimate of drug-likeness (QED) is 0.454. The van der Waals surface area contributed by atoms with E-state index in [-0.39, 0.29) is 17.8 Å². The van der Waals surface area contributed by atoms with Gasteiger partial charge in [-0.1, -0.05) is 30.3 Å². The lowest BCUT2D eigenvalue weighted by Gasteiger charge is -2.37. The number of esters is 2. The van der Waals surface area contributed by atoms with E-state index in [1.54, 1.807) is 45.2 Å². The van der Waals surface area contributed by atoms with Gasteiger partial charge in [0.05, 0.1) is 18.8 Å². The fourth-order valence-corrected chi connectivity index (χ4v) is 5.04. The highest BCUT2D eigenvalue weighted by Crippen LogP contribution is 2.47. The van der Waals surface area contributed by atoms with Crippen molar-refractivity contribution in [3.8, 4) is 11.5 Å². The van der Waals surface area contributed by atoms with Crippen molar-refractivity contribution in [3.05, 3.63) is 82.2 Å². The van der Waals surface area contributed by atoms with Crippen molar-refractivity contribution in [1.29, 1.82) is 0 Å². The van der Waals surface area contributed by atoms with Crippen molar-refractivity contribution in [2.24, 2.45) is 0 Å². The average molecular weight is 490 g/mol. The molecule has 36 heavy (non-hydrogen) atoms. The second-order valence-electron chi connectivity index (χ2n) is 9.38. The number of methoxy groups -OCH3 is 1. The highest BCUT2D eigenvalue weighted by Gasteiger charge is 2.42. The molecule has 0 bridgehead atoms. The van der Waals surface area contributed by atoms with Crippen LogP contribution < -0.4 is 14.8 Å². The van der Waals surface area contributed by atoms with E-state index >= 15 is 0 Å². The van der Waals surface area contributed by atoms with E-state index in [2.05, 4.69) is 5.32 Å². The summed E-state index contributed by atoms with van der Waals surface area (Å²) in [6.45, 7) is 6.75. The van der Waals surface area contributed by atoms with Gasteiger partial charge in [0, 0.05) is 42.1 Å². The van der Waals surface area contributed by atoms with Crippen LogP contribution in [0.4, 0.5) is 0 Å². The Morgan fingerprint density at radius 3 is 2.36 bits per heavy atom. The molecule has 0 unspecified atom stereocenters. The predicted octanol–water partition coefficient (Wildman–Crippen LogP) is 4.93. The molecule has 0 spiro atoms. The number of nitrogens with one attached hydrogen (secondary N) is 1. The van der Waals surface area contributed by atoms with Gasteiger partial charge < -0.3 is 19.5 Å². The molecule has 7 nitrogen and oxygen atoms in total. The van der Waals surface area contributed by atoms with Gasteiger partial charge in [0.1, 0.15) is 11.5 Å². The number of benzene rings is 2. The SMILES string of the molecule is COc1ccccc1[C@@H]1CC(=O)C2=C(C1)NC(C)=C(C(=O)OC(C)C)[C@@H]2c1ccc(OC(C)=O)cc1. The summed E-state index contributed by atoms with van der Waals surface area (Å²) in [7, 11) is 1.63. The van der Waals surface area contributed by atoms with Crippen LogP contribution in [-0.2, 0) is 19.1 Å². The van der Waals surface area contributed by atoms with Gasteiger partial charge in [0.25, 0.3) is 0 Å². The van der Waals surface area contributed by atoms with Gasteiger partial charge in [-0.25, -0.2) is 4.79 Å². The second-order valence-corrected chi connectivity index (χ2v) is 9.38. The number of hydrogen-bond donors (Lipinski definition) is 1. The number of para-hydroxylation sites is 1. The maximum Gasteiger partial charge on any atom is 0.337 e. The zero-order valence-corrected chi connectivity index (χ0v) is 21.2. The van der Waals surface area contributed by atoms with Crippen molar-refractivity contribution in [1.82, 2.24) is 5.32 Å². The monoisotopic (exact) mass is 489 g/mol. The lowest BCUT2D eigenvalue weighted by Crippen LogP contribution is -2.36. The Kier molecular flexibility index (Phi) is 7.29. The van der Waals surface area contributed by atoms with Crippen LogP contribution in [0.2, 0.25) is 0 Å². The fraction of sp³-hybridized carbons (Fsp3) is 0.345. The normalized spacial score (nSPS) is 19.6. The lowest BCUT2D eigenvalue weighted by molar-refractivity contribution is -0.143. The van der Waals surface area contributed by atoms with E-state index < -0.39 is 17.9 Å². The first-order valence-corrected chi connectivity index (χ1v) is 12.1. The summed E-state index contributed by atoms with van der Waals surface area (Å²) in [6, 6.07) is 14.7. The lowest BCUT2D eigenvalue weighted by atomic mass is 9.71. The van der Waals surface area contributed by atoms with Crippen LogP contribution in [0.3, 0.4) is 0 Å². The number of carbonyl (C=O) groups excluding carboxylic acids is 3. The van der Waals surface area contributed by atoms with Gasteiger partial charge in [0.2, 0.25) is 0 Å². The van der Waals surface area contributed by atoms with Crippen molar-refractivity contribution in [3.63, 3.8) is 0 Å². The van der Waals surface area contributed by atoms with Crippen LogP contribution >= 0.6 is 0 Å². The molecule has 2 aromatic carbocycles. The maximum atomic E-state index is 13.7. The first-order valence-electron chi connectivity index (χ1n) is 12.1. The van der Waals surface area contributed by atoms with Crippen LogP contribution in [0.1, 0.15) is 63.5 Å². The van der Waals surface area contributed by atoms with Crippen LogP contribution in [0.15, 0.2) is 71.1 Å². The highest BCUT2D eigenvalue weighted by atomic mass is 16.5. The zero-order chi connectivity index (χ0) is 26.0. The van der Waals surface area contributed by atoms with Crippen LogP contribution in [0.25, 0.3) is 0 Å². The Morgan fingerprint density at radius 1 is 1.03 bits per heavy atom. The fourth-order valence-electron chi connectivity index (χ4n) is 5.04. The molecule has 0 saturated carbocycles. The molecule has 2 aliphatic rings. The Balaban J connectivity index is 1.78. The van der Waals surface area contributed by atoms with Gasteiger partial charge in [-0.05, 0) is 56.5 Å². The number of rotatable bonds is 6. The summed E-state index contributed by atoms with van der Waals surface area (Å²) in [5, 5.41) is 3.35. The number of carbonyl (C=O) groups is 3. The minimum absolute atomic E-state index is 0.0314. The molecular weight excluding hydrogens is 458 g/mol. The smallest absolute Gasteiger partial charge is 0.337 e. The molecule has 1 aliphatic heterocycles. The van der Waals surface area contributed by atoms with Crippen molar-refractivity contribution in [2.45, 2.75) is 58.5 Å². The molecular formula is C29H31NO6. The third-order valence-electron chi connectivity index (χ3n) is 6.44. The molecule has 0 saturated heterocycles. The van der Waals surface area contributed by atoms with Gasteiger partial charge in [-0.3, -0.25) is 9.59 Å². The summed E-state index contributed by atoms with van der Waals surface area (Å²) in [5.74, 6) is -0.412. The van der Waals surface area contributed by atoms with Crippen LogP contribution in [0.5, 0.6) is 11.5 Å². The molecule has 1 aliphatic carbocycles. The number of hydrogen-bond acceptors (Lipinski definition) is 7. The molecule has 188 valence electrons. The van der Waals surface area contributed by atoms with Gasteiger partial charge >= 0.3 is 11.9 Å². The van der Waals surface area contributed by atoms with Crippen LogP contribution in [-0.4, -0.2) is 30.9 Å². The Bertz CT molecular complexity index is 1250. The topological polar surface area (TPSA) is 90.9 Å². The molecule has 0 amide bonds. The molecule has 0 aromatic heterocycles. The first kappa shape index (κ1) is 25.2. The van der Waals surface area contributed by atoms with E-state index in [4.69, 9.17) is 14.2 Å². The van der Waals surface area contributed by atoms with Crippen molar-refractivity contribution in [2.75, 3.05) is 7.11 Å². The van der Waals surface area contributed by atoms with E-state index in [1.807, 2.05) is 31.2 Å². The molecule has 4 rings (SSSR count). The standard InChI is InChI=1S/C29H31NO6/c1-16(2)35-29(33)26-17(3)30-23-14-20(22-8-6-7-9-25(22)34-5)15-24(32)28(23)27(26)19-10-12-21(13-11-19)36-18(4)31/h6-13,16,20,27,30H,14-15H2,1-5H3/t20-,27-/m0/s1. The minimum Gasteiger partial charge on any atom is -0.496 e. The minimum atomic E-state index is -0.593. The molecule has 7 heteroatoms. The van der Waals surface area contributed by atoms with Crippen LogP contribution in [0, 0.1) is 0 Å². The molecule has 2 aromatic rings. The highest BCUT2D eigenvalue weighted by molar-refractivity contribution is 6.04. The third kappa shape index (κ3) is 5.05. The zero-order valence-electron chi connectivity index (χ0n) is 21.2. The molecule has 0 fully saturated rings. The Hall–Kier alpha value is -3.87. The first-order chi connectivity index (χ1) is 17.2. The number of ether oxygens (including phenoxy) is 3.